The number of likely N-dealkylation sites (tertiary alicyclic amines) is 2. The fraction of sp³-hybridized carbons (Fsp3) is 0.463. The molecule has 3 heterocycles. The van der Waals surface area contributed by atoms with Crippen LogP contribution in [-0.2, 0) is 78.4 Å². The van der Waals surface area contributed by atoms with Crippen molar-refractivity contribution >= 4 is 64.8 Å². The molecule has 4 atom stereocenters. The molecule has 498 valence electrons. The van der Waals surface area contributed by atoms with Crippen molar-refractivity contribution in [3.8, 4) is 5.69 Å². The molecule has 2 fully saturated rings. The van der Waals surface area contributed by atoms with E-state index in [0.29, 0.717) is 93.8 Å². The fourth-order valence-corrected chi connectivity index (χ4v) is 10.5. The summed E-state index contributed by atoms with van der Waals surface area (Å²) in [4.78, 5) is 133. The Bertz CT molecular complexity index is 3270. The number of amides is 10. The van der Waals surface area contributed by atoms with Crippen LogP contribution in [0.5, 0.6) is 0 Å². The molecule has 0 aliphatic carbocycles. The number of anilines is 1. The molecular formula is C67H88N14O12. The first-order chi connectivity index (χ1) is 44.9. The Morgan fingerprint density at radius 3 is 1.98 bits per heavy atom. The van der Waals surface area contributed by atoms with Crippen molar-refractivity contribution in [2.75, 3.05) is 71.0 Å². The molecule has 0 bridgehead atoms. The standard InChI is InChI=1S/C67H88N14O12/c1-45(2)37-56(76-66(90)57(39-48-13-7-4-8-14-48)75-64(88)54(69)38-47-11-5-3-6-12-47)65(89)74-55(15-9-10-29-68)67(91)79-31-26-49(27-32-79)40-58(82)70-30-34-92-35-36-93-44-60(84)72-42-59(83)71-41-52-43-81(78-77-52)53-23-19-50(20-24-53)63(87)73-51-21-16-46(17-22-51)18-25-61(85)80-33-28-62(80)86/h3-8,11-14,16-17,19-24,43,45,49,54-57H,9-10,15,18,25-42,44,68-69H2,1-2H3,(H,70,82)(H,71,83)(H,72,84)(H,73,87)(H,74,89)(H,75,88)(H,76,90)/t54-,55-,56-,57-/m1/s1. The van der Waals surface area contributed by atoms with E-state index in [2.05, 4.69) is 47.5 Å². The number of piperidine rings is 1. The Kier molecular flexibility index (Phi) is 28.6. The number of aromatic nitrogens is 3. The van der Waals surface area contributed by atoms with E-state index in [-0.39, 0.29) is 120 Å². The number of hydrogen-bond acceptors (Lipinski definition) is 16. The lowest BCUT2D eigenvalue weighted by molar-refractivity contribution is -0.152. The number of hydrogen-bond donors (Lipinski definition) is 9. The molecule has 1 aromatic heterocycles. The molecule has 0 unspecified atom stereocenters. The van der Waals surface area contributed by atoms with E-state index in [4.69, 9.17) is 20.9 Å². The number of rotatable bonds is 37. The predicted molar refractivity (Wildman–Crippen MR) is 345 cm³/mol. The number of nitrogens with one attached hydrogen (secondary N) is 7. The maximum atomic E-state index is 14.2. The molecule has 2 saturated heterocycles. The Hall–Kier alpha value is -9.24. The largest absolute Gasteiger partial charge is 0.377 e. The monoisotopic (exact) mass is 1280 g/mol. The first kappa shape index (κ1) is 71.2. The van der Waals surface area contributed by atoms with Crippen LogP contribution >= 0.6 is 0 Å². The van der Waals surface area contributed by atoms with E-state index < -0.39 is 53.7 Å². The molecule has 26 nitrogen and oxygen atoms in total. The Balaban J connectivity index is 0.735. The van der Waals surface area contributed by atoms with Gasteiger partial charge in [-0.2, -0.15) is 0 Å². The quantitative estimate of drug-likeness (QED) is 0.0203. The molecule has 93 heavy (non-hydrogen) atoms. The van der Waals surface area contributed by atoms with Crippen molar-refractivity contribution in [2.45, 2.75) is 122 Å². The lowest BCUT2D eigenvalue weighted by atomic mass is 9.92. The van der Waals surface area contributed by atoms with Gasteiger partial charge in [-0.05, 0) is 123 Å². The van der Waals surface area contributed by atoms with Crippen LogP contribution in [0.2, 0.25) is 0 Å². The molecule has 7 rings (SSSR count). The second-order valence-corrected chi connectivity index (χ2v) is 23.7. The van der Waals surface area contributed by atoms with Gasteiger partial charge in [0.05, 0.1) is 50.8 Å². The minimum absolute atomic E-state index is 0.0208. The van der Waals surface area contributed by atoms with Crippen molar-refractivity contribution in [3.05, 3.63) is 143 Å². The van der Waals surface area contributed by atoms with Crippen LogP contribution in [0.1, 0.15) is 104 Å². The highest BCUT2D eigenvalue weighted by atomic mass is 16.5. The third-order valence-corrected chi connectivity index (χ3v) is 15.9. The molecular weight excluding hydrogens is 1190 g/mol. The molecule has 2 aliphatic heterocycles. The zero-order valence-corrected chi connectivity index (χ0v) is 53.0. The van der Waals surface area contributed by atoms with Gasteiger partial charge < -0.3 is 63.1 Å². The number of aryl methyl sites for hydroxylation is 1. The van der Waals surface area contributed by atoms with Crippen molar-refractivity contribution < 1.29 is 57.4 Å². The van der Waals surface area contributed by atoms with E-state index in [1.807, 2.05) is 86.6 Å². The highest BCUT2D eigenvalue weighted by Crippen LogP contribution is 2.23. The smallest absolute Gasteiger partial charge is 0.255 e. The first-order valence-corrected chi connectivity index (χ1v) is 31.8. The summed E-state index contributed by atoms with van der Waals surface area (Å²) in [7, 11) is 0. The van der Waals surface area contributed by atoms with Gasteiger partial charge in [0.25, 0.3) is 5.91 Å². The molecule has 0 saturated carbocycles. The van der Waals surface area contributed by atoms with Crippen LogP contribution in [0.15, 0.2) is 115 Å². The third-order valence-electron chi connectivity index (χ3n) is 15.9. The van der Waals surface area contributed by atoms with Gasteiger partial charge in [0.15, 0.2) is 0 Å². The first-order valence-electron chi connectivity index (χ1n) is 31.8. The summed E-state index contributed by atoms with van der Waals surface area (Å²) < 4.78 is 12.4. The van der Waals surface area contributed by atoms with Crippen molar-refractivity contribution in [1.29, 1.82) is 0 Å². The summed E-state index contributed by atoms with van der Waals surface area (Å²) >= 11 is 0. The highest BCUT2D eigenvalue weighted by molar-refractivity contribution is 6.04. The van der Waals surface area contributed by atoms with Gasteiger partial charge >= 0.3 is 0 Å². The molecule has 0 spiro atoms. The lowest BCUT2D eigenvalue weighted by Crippen LogP contribution is -2.59. The molecule has 0 radical (unpaired) electrons. The van der Waals surface area contributed by atoms with Gasteiger partial charge in [-0.25, -0.2) is 4.68 Å². The van der Waals surface area contributed by atoms with Crippen LogP contribution in [0.25, 0.3) is 5.69 Å². The third kappa shape index (κ3) is 24.1. The summed E-state index contributed by atoms with van der Waals surface area (Å²) in [5.41, 5.74) is 16.8. The average Bonchev–Trinajstić information content (AvgIpc) is 2.52. The Morgan fingerprint density at radius 1 is 0.667 bits per heavy atom. The van der Waals surface area contributed by atoms with Gasteiger partial charge in [-0.3, -0.25) is 52.8 Å². The van der Waals surface area contributed by atoms with E-state index in [1.54, 1.807) is 47.5 Å². The van der Waals surface area contributed by atoms with Gasteiger partial charge in [-0.15, -0.1) is 5.10 Å². The second-order valence-electron chi connectivity index (χ2n) is 23.7. The number of imide groups is 1. The van der Waals surface area contributed by atoms with Crippen molar-refractivity contribution in [1.82, 2.24) is 56.7 Å². The molecule has 10 amide bonds. The van der Waals surface area contributed by atoms with Gasteiger partial charge in [0.2, 0.25) is 53.2 Å². The van der Waals surface area contributed by atoms with E-state index in [1.165, 1.54) is 9.58 Å². The summed E-state index contributed by atoms with van der Waals surface area (Å²) in [6.07, 6.45) is 6.42. The molecule has 11 N–H and O–H groups in total. The SMILES string of the molecule is CC(C)C[C@@H](NC(=O)[C@@H](Cc1ccccc1)NC(=O)[C@H](N)Cc1ccccc1)C(=O)N[C@H](CCCCN)C(=O)N1CCC(CC(=O)NCCOCCOCC(=O)NCC(=O)NCc2cn(-c3ccc(C(=O)Nc4ccc(CCC(=O)N5CCC5=O)cc4)cc3)nn2)CC1. The van der Waals surface area contributed by atoms with E-state index >= 15 is 0 Å². The molecule has 26 heteroatoms. The Labute approximate surface area is 541 Å². The number of carbonyl (C=O) groups is 10. The van der Waals surface area contributed by atoms with Crippen LogP contribution in [0, 0.1) is 11.8 Å². The molecule has 2 aliphatic rings. The molecule has 4 aromatic carbocycles. The normalized spacial score (nSPS) is 14.4. The van der Waals surface area contributed by atoms with Gasteiger partial charge in [0.1, 0.15) is 30.4 Å². The second kappa shape index (κ2) is 37.3. The van der Waals surface area contributed by atoms with E-state index in [9.17, 15) is 47.9 Å². The number of benzene rings is 4. The Morgan fingerprint density at radius 2 is 1.32 bits per heavy atom. The molecule has 5 aromatic rings. The predicted octanol–water partition coefficient (Wildman–Crippen LogP) is 2.16. The zero-order valence-electron chi connectivity index (χ0n) is 53.0. The topological polar surface area (TPSA) is 363 Å². The van der Waals surface area contributed by atoms with Crippen LogP contribution < -0.4 is 48.7 Å². The van der Waals surface area contributed by atoms with Gasteiger partial charge in [0, 0.05) is 63.1 Å². The zero-order chi connectivity index (χ0) is 66.5. The van der Waals surface area contributed by atoms with Crippen LogP contribution in [0.3, 0.4) is 0 Å². The minimum Gasteiger partial charge on any atom is -0.377 e. The summed E-state index contributed by atoms with van der Waals surface area (Å²) in [5.74, 6) is -3.59. The lowest BCUT2D eigenvalue weighted by Gasteiger charge is -2.35. The number of nitrogens with two attached hydrogens (primary N) is 2. The fourth-order valence-electron chi connectivity index (χ4n) is 10.5. The number of β-lactam (4-membered cyclic amide) rings is 1. The summed E-state index contributed by atoms with van der Waals surface area (Å²) in [6.45, 7) is 5.68. The highest BCUT2D eigenvalue weighted by Gasteiger charge is 2.34. The maximum Gasteiger partial charge on any atom is 0.255 e. The number of nitrogens with zero attached hydrogens (tertiary/aromatic N) is 5. The maximum absolute atomic E-state index is 14.2. The average molecular weight is 1280 g/mol. The summed E-state index contributed by atoms with van der Waals surface area (Å²) in [6, 6.07) is 28.5. The summed E-state index contributed by atoms with van der Waals surface area (Å²) in [5, 5.41) is 27.8. The van der Waals surface area contributed by atoms with Crippen molar-refractivity contribution in [2.24, 2.45) is 23.3 Å². The minimum atomic E-state index is -1.05. The van der Waals surface area contributed by atoms with Crippen LogP contribution in [-0.4, -0.2) is 174 Å². The number of carbonyl (C=O) groups excluding carboxylic acids is 10. The van der Waals surface area contributed by atoms with Crippen molar-refractivity contribution in [3.63, 3.8) is 0 Å². The number of ether oxygens (including phenoxy) is 2. The van der Waals surface area contributed by atoms with E-state index in [0.717, 1.165) is 16.7 Å². The van der Waals surface area contributed by atoms with Gasteiger partial charge in [-0.1, -0.05) is 91.9 Å². The van der Waals surface area contributed by atoms with Crippen LogP contribution in [0.4, 0.5) is 5.69 Å². The number of unbranched alkanes of at least 4 members (excludes halogenated alkanes) is 1.